The molecule has 64 valence electrons. The topological polar surface area (TPSA) is 22.1 Å². The Labute approximate surface area is 72.6 Å². The third kappa shape index (κ3) is 0.986. The Hall–Kier alpha value is -1.05. The summed E-state index contributed by atoms with van der Waals surface area (Å²) < 4.78 is 5.53. The Morgan fingerprint density at radius 2 is 2.42 bits per heavy atom. The standard InChI is InChI=1S/C10H13NO/c1-3-9-8-4-5-12-10(8)7(2)6-11-9/h6H,3-5H2,1-2H3. The van der Waals surface area contributed by atoms with Crippen LogP contribution in [0.15, 0.2) is 6.20 Å². The van der Waals surface area contributed by atoms with Crippen LogP contribution in [0, 0.1) is 6.92 Å². The average Bonchev–Trinajstić information content (AvgIpc) is 2.54. The lowest BCUT2D eigenvalue weighted by atomic mass is 10.1. The summed E-state index contributed by atoms with van der Waals surface area (Å²) in [6.07, 6.45) is 3.95. The summed E-state index contributed by atoms with van der Waals surface area (Å²) in [6.45, 7) is 5.02. The third-order valence-electron chi connectivity index (χ3n) is 2.33. The van der Waals surface area contributed by atoms with Gasteiger partial charge in [-0.25, -0.2) is 0 Å². The highest BCUT2D eigenvalue weighted by Gasteiger charge is 2.18. The SMILES string of the molecule is CCc1ncc(C)c2c1CCO2. The quantitative estimate of drug-likeness (QED) is 0.630. The molecule has 0 atom stereocenters. The normalized spacial score (nSPS) is 14.2. The van der Waals surface area contributed by atoms with Gasteiger partial charge in [0.15, 0.2) is 0 Å². The molecule has 12 heavy (non-hydrogen) atoms. The van der Waals surface area contributed by atoms with Crippen molar-refractivity contribution in [1.82, 2.24) is 4.98 Å². The van der Waals surface area contributed by atoms with Crippen LogP contribution in [0.25, 0.3) is 0 Å². The fraction of sp³-hybridized carbons (Fsp3) is 0.500. The number of aromatic nitrogens is 1. The van der Waals surface area contributed by atoms with Crippen LogP contribution in [0.5, 0.6) is 5.75 Å². The van der Waals surface area contributed by atoms with Crippen LogP contribution in [-0.2, 0) is 12.8 Å². The van der Waals surface area contributed by atoms with Crippen LogP contribution in [0.4, 0.5) is 0 Å². The van der Waals surface area contributed by atoms with Gasteiger partial charge < -0.3 is 4.74 Å². The Balaban J connectivity index is 2.57. The van der Waals surface area contributed by atoms with Crippen LogP contribution in [0.1, 0.15) is 23.7 Å². The van der Waals surface area contributed by atoms with Crippen LogP contribution in [0.3, 0.4) is 0 Å². The highest BCUT2D eigenvalue weighted by molar-refractivity contribution is 5.44. The number of hydrogen-bond acceptors (Lipinski definition) is 2. The zero-order valence-electron chi connectivity index (χ0n) is 7.55. The van der Waals surface area contributed by atoms with Gasteiger partial charge in [-0.3, -0.25) is 4.98 Å². The summed E-state index contributed by atoms with van der Waals surface area (Å²) in [4.78, 5) is 4.39. The van der Waals surface area contributed by atoms with Crippen LogP contribution < -0.4 is 4.74 Å². The summed E-state index contributed by atoms with van der Waals surface area (Å²) in [5.41, 5.74) is 3.70. The number of rotatable bonds is 1. The van der Waals surface area contributed by atoms with Crippen LogP contribution in [0.2, 0.25) is 0 Å². The number of fused-ring (bicyclic) bond motifs is 1. The van der Waals surface area contributed by atoms with Gasteiger partial charge in [0.25, 0.3) is 0 Å². The molecule has 0 spiro atoms. The number of nitrogens with zero attached hydrogens (tertiary/aromatic N) is 1. The van der Waals surface area contributed by atoms with Gasteiger partial charge >= 0.3 is 0 Å². The van der Waals surface area contributed by atoms with Gasteiger partial charge in [-0.2, -0.15) is 0 Å². The van der Waals surface area contributed by atoms with Crippen molar-refractivity contribution < 1.29 is 4.74 Å². The zero-order valence-corrected chi connectivity index (χ0v) is 7.55. The Kier molecular flexibility index (Phi) is 1.75. The van der Waals surface area contributed by atoms with E-state index in [2.05, 4.69) is 18.8 Å². The molecule has 0 unspecified atom stereocenters. The van der Waals surface area contributed by atoms with E-state index in [9.17, 15) is 0 Å². The van der Waals surface area contributed by atoms with Crippen molar-refractivity contribution in [1.29, 1.82) is 0 Å². The molecule has 0 aromatic carbocycles. The molecular weight excluding hydrogens is 150 g/mol. The minimum atomic E-state index is 0.828. The van der Waals surface area contributed by atoms with E-state index in [0.717, 1.165) is 25.2 Å². The van der Waals surface area contributed by atoms with Crippen LogP contribution in [-0.4, -0.2) is 11.6 Å². The van der Waals surface area contributed by atoms with Gasteiger partial charge in [0.05, 0.1) is 6.61 Å². The highest BCUT2D eigenvalue weighted by Crippen LogP contribution is 2.30. The molecule has 1 aliphatic rings. The maximum atomic E-state index is 5.53. The predicted octanol–water partition coefficient (Wildman–Crippen LogP) is 1.89. The molecule has 2 heteroatoms. The smallest absolute Gasteiger partial charge is 0.128 e. The first-order chi connectivity index (χ1) is 5.83. The Morgan fingerprint density at radius 3 is 3.17 bits per heavy atom. The van der Waals surface area contributed by atoms with Gasteiger partial charge in [-0.1, -0.05) is 6.92 Å². The lowest BCUT2D eigenvalue weighted by Gasteiger charge is -2.05. The molecule has 2 rings (SSSR count). The molecule has 1 aliphatic heterocycles. The van der Waals surface area contributed by atoms with E-state index >= 15 is 0 Å². The van der Waals surface area contributed by atoms with Crippen molar-refractivity contribution in [3.05, 3.63) is 23.0 Å². The lowest BCUT2D eigenvalue weighted by Crippen LogP contribution is -1.94. The summed E-state index contributed by atoms with van der Waals surface area (Å²) >= 11 is 0. The molecule has 0 bridgehead atoms. The molecule has 0 saturated heterocycles. The van der Waals surface area contributed by atoms with Gasteiger partial charge in [0.2, 0.25) is 0 Å². The molecule has 1 aromatic rings. The number of hydrogen-bond donors (Lipinski definition) is 0. The van der Waals surface area contributed by atoms with E-state index < -0.39 is 0 Å². The minimum absolute atomic E-state index is 0.828. The molecule has 0 aliphatic carbocycles. The molecule has 0 saturated carbocycles. The van der Waals surface area contributed by atoms with Crippen LogP contribution >= 0.6 is 0 Å². The Bertz CT molecular complexity index is 307. The minimum Gasteiger partial charge on any atom is -0.493 e. The second-order valence-corrected chi connectivity index (χ2v) is 3.15. The number of pyridine rings is 1. The first-order valence-electron chi connectivity index (χ1n) is 4.43. The molecule has 0 N–H and O–H groups in total. The second-order valence-electron chi connectivity index (χ2n) is 3.15. The van der Waals surface area contributed by atoms with Crippen molar-refractivity contribution in [2.45, 2.75) is 26.7 Å². The van der Waals surface area contributed by atoms with Crippen molar-refractivity contribution in [2.75, 3.05) is 6.61 Å². The Morgan fingerprint density at radius 1 is 1.58 bits per heavy atom. The molecule has 2 nitrogen and oxygen atoms in total. The van der Waals surface area contributed by atoms with Gasteiger partial charge in [-0.15, -0.1) is 0 Å². The largest absolute Gasteiger partial charge is 0.493 e. The van der Waals surface area contributed by atoms with Crippen molar-refractivity contribution >= 4 is 0 Å². The summed E-state index contributed by atoms with van der Waals surface area (Å²) in [5.74, 6) is 1.09. The molecule has 0 radical (unpaired) electrons. The summed E-state index contributed by atoms with van der Waals surface area (Å²) in [5, 5.41) is 0. The lowest BCUT2D eigenvalue weighted by molar-refractivity contribution is 0.354. The summed E-state index contributed by atoms with van der Waals surface area (Å²) in [7, 11) is 0. The van der Waals surface area contributed by atoms with Crippen molar-refractivity contribution in [2.24, 2.45) is 0 Å². The van der Waals surface area contributed by atoms with E-state index in [0.29, 0.717) is 0 Å². The summed E-state index contributed by atoms with van der Waals surface area (Å²) in [6, 6.07) is 0. The third-order valence-corrected chi connectivity index (χ3v) is 2.33. The first kappa shape index (κ1) is 7.59. The van der Waals surface area contributed by atoms with Gasteiger partial charge in [0.1, 0.15) is 5.75 Å². The molecule has 0 amide bonds. The highest BCUT2D eigenvalue weighted by atomic mass is 16.5. The van der Waals surface area contributed by atoms with Crippen molar-refractivity contribution in [3.8, 4) is 5.75 Å². The maximum absolute atomic E-state index is 5.53. The molecule has 1 aromatic heterocycles. The van der Waals surface area contributed by atoms with E-state index in [1.807, 2.05) is 6.20 Å². The van der Waals surface area contributed by atoms with E-state index in [4.69, 9.17) is 4.74 Å². The zero-order chi connectivity index (χ0) is 8.55. The van der Waals surface area contributed by atoms with E-state index in [-0.39, 0.29) is 0 Å². The predicted molar refractivity (Wildman–Crippen MR) is 47.6 cm³/mol. The fourth-order valence-electron chi connectivity index (χ4n) is 1.70. The number of aryl methyl sites for hydroxylation is 2. The van der Waals surface area contributed by atoms with E-state index in [1.165, 1.54) is 16.8 Å². The fourth-order valence-corrected chi connectivity index (χ4v) is 1.70. The average molecular weight is 163 g/mol. The van der Waals surface area contributed by atoms with Gasteiger partial charge in [-0.05, 0) is 13.3 Å². The second kappa shape index (κ2) is 2.77. The number of ether oxygens (including phenoxy) is 1. The molecule has 0 fully saturated rings. The first-order valence-corrected chi connectivity index (χ1v) is 4.43. The monoisotopic (exact) mass is 163 g/mol. The maximum Gasteiger partial charge on any atom is 0.128 e. The van der Waals surface area contributed by atoms with Crippen molar-refractivity contribution in [3.63, 3.8) is 0 Å². The van der Waals surface area contributed by atoms with E-state index in [1.54, 1.807) is 0 Å². The molecular formula is C10H13NO. The van der Waals surface area contributed by atoms with Gasteiger partial charge in [0, 0.05) is 29.4 Å². The molecule has 2 heterocycles.